The van der Waals surface area contributed by atoms with E-state index in [0.29, 0.717) is 19.4 Å². The molecule has 0 heterocycles. The molecule has 3 nitrogen and oxygen atoms in total. The Bertz CT molecular complexity index is 379. The molecule has 1 unspecified atom stereocenters. The number of ether oxygens (including phenoxy) is 1. The summed E-state index contributed by atoms with van der Waals surface area (Å²) in [5.41, 5.74) is 0.298. The van der Waals surface area contributed by atoms with Gasteiger partial charge in [-0.3, -0.25) is 9.59 Å². The van der Waals surface area contributed by atoms with Crippen molar-refractivity contribution in [2.24, 2.45) is 5.41 Å². The smallest absolute Gasteiger partial charge is 0.316 e. The highest BCUT2D eigenvalue weighted by molar-refractivity contribution is 5.96. The maximum atomic E-state index is 12.1. The third kappa shape index (κ3) is 1.70. The fraction of sp³-hybridized carbons (Fsp3) is 0.538. The van der Waals surface area contributed by atoms with E-state index in [0.717, 1.165) is 18.4 Å². The molecular formula is C13H16O3. The SMILES string of the molecule is CCOC(=O)C12CCC=CC1=CC(=O)CC2. The zero-order valence-electron chi connectivity index (χ0n) is 9.49. The van der Waals surface area contributed by atoms with Gasteiger partial charge in [0.05, 0.1) is 12.0 Å². The molecule has 16 heavy (non-hydrogen) atoms. The second kappa shape index (κ2) is 4.24. The monoisotopic (exact) mass is 220 g/mol. The van der Waals surface area contributed by atoms with Crippen molar-refractivity contribution >= 4 is 11.8 Å². The Morgan fingerprint density at radius 1 is 1.50 bits per heavy atom. The predicted octanol–water partition coefficient (Wildman–Crippen LogP) is 2.18. The summed E-state index contributed by atoms with van der Waals surface area (Å²) < 4.78 is 5.15. The first-order valence-electron chi connectivity index (χ1n) is 5.78. The molecule has 86 valence electrons. The summed E-state index contributed by atoms with van der Waals surface area (Å²) >= 11 is 0. The number of esters is 1. The predicted molar refractivity (Wildman–Crippen MR) is 59.8 cm³/mol. The van der Waals surface area contributed by atoms with Gasteiger partial charge in [-0.1, -0.05) is 12.2 Å². The molecule has 0 radical (unpaired) electrons. The van der Waals surface area contributed by atoms with E-state index in [-0.39, 0.29) is 11.8 Å². The molecule has 2 rings (SSSR count). The molecule has 1 atom stereocenters. The zero-order chi connectivity index (χ0) is 11.6. The lowest BCUT2D eigenvalue weighted by molar-refractivity contribution is -0.154. The lowest BCUT2D eigenvalue weighted by atomic mass is 9.67. The van der Waals surface area contributed by atoms with Crippen LogP contribution >= 0.6 is 0 Å². The van der Waals surface area contributed by atoms with E-state index < -0.39 is 5.41 Å². The second-order valence-electron chi connectivity index (χ2n) is 4.31. The van der Waals surface area contributed by atoms with Gasteiger partial charge in [0.25, 0.3) is 0 Å². The maximum absolute atomic E-state index is 12.1. The number of carbonyl (C=O) groups is 2. The highest BCUT2D eigenvalue weighted by Gasteiger charge is 2.45. The molecule has 3 heteroatoms. The van der Waals surface area contributed by atoms with Gasteiger partial charge in [0.15, 0.2) is 5.78 Å². The number of hydrogen-bond acceptors (Lipinski definition) is 3. The molecule has 2 aliphatic carbocycles. The molecule has 0 fully saturated rings. The van der Waals surface area contributed by atoms with Crippen molar-refractivity contribution in [3.8, 4) is 0 Å². The molecule has 0 spiro atoms. The normalized spacial score (nSPS) is 28.3. The topological polar surface area (TPSA) is 43.4 Å². The Hall–Kier alpha value is -1.38. The standard InChI is InChI=1S/C13H16O3/c1-2-16-12(15)13-7-4-3-5-10(13)9-11(14)6-8-13/h3,5,9H,2,4,6-8H2,1H3. The van der Waals surface area contributed by atoms with E-state index in [4.69, 9.17) is 4.74 Å². The first-order valence-corrected chi connectivity index (χ1v) is 5.78. The Morgan fingerprint density at radius 2 is 2.31 bits per heavy atom. The summed E-state index contributed by atoms with van der Waals surface area (Å²) in [5, 5.41) is 0. The number of rotatable bonds is 2. The largest absolute Gasteiger partial charge is 0.465 e. The molecular weight excluding hydrogens is 204 g/mol. The fourth-order valence-electron chi connectivity index (χ4n) is 2.47. The molecule has 0 aromatic heterocycles. The highest BCUT2D eigenvalue weighted by atomic mass is 16.5. The van der Waals surface area contributed by atoms with Crippen molar-refractivity contribution in [3.05, 3.63) is 23.8 Å². The van der Waals surface area contributed by atoms with Gasteiger partial charge in [0.1, 0.15) is 0 Å². The van der Waals surface area contributed by atoms with Crippen LogP contribution in [-0.2, 0) is 14.3 Å². The molecule has 0 aromatic rings. The van der Waals surface area contributed by atoms with Gasteiger partial charge in [0.2, 0.25) is 0 Å². The van der Waals surface area contributed by atoms with Crippen LogP contribution in [0, 0.1) is 5.41 Å². The molecule has 0 bridgehead atoms. The molecule has 2 aliphatic rings. The van der Waals surface area contributed by atoms with Crippen molar-refractivity contribution in [3.63, 3.8) is 0 Å². The molecule has 0 saturated carbocycles. The van der Waals surface area contributed by atoms with Gasteiger partial charge >= 0.3 is 5.97 Å². The van der Waals surface area contributed by atoms with Crippen molar-refractivity contribution in [2.75, 3.05) is 6.61 Å². The Kier molecular flexibility index (Phi) is 2.95. The minimum atomic E-state index is -0.543. The molecule has 0 amide bonds. The molecule has 0 saturated heterocycles. The fourth-order valence-corrected chi connectivity index (χ4v) is 2.47. The van der Waals surface area contributed by atoms with E-state index in [1.807, 2.05) is 19.1 Å². The zero-order valence-corrected chi connectivity index (χ0v) is 9.49. The lowest BCUT2D eigenvalue weighted by Gasteiger charge is -2.36. The maximum Gasteiger partial charge on any atom is 0.316 e. The van der Waals surface area contributed by atoms with Gasteiger partial charge in [-0.2, -0.15) is 0 Å². The van der Waals surface area contributed by atoms with Gasteiger partial charge in [-0.05, 0) is 37.8 Å². The molecule has 0 N–H and O–H groups in total. The highest BCUT2D eigenvalue weighted by Crippen LogP contribution is 2.45. The van der Waals surface area contributed by atoms with Gasteiger partial charge in [-0.25, -0.2) is 0 Å². The first kappa shape index (κ1) is 11.1. The van der Waals surface area contributed by atoms with Crippen LogP contribution in [0.1, 0.15) is 32.6 Å². The van der Waals surface area contributed by atoms with Crippen molar-refractivity contribution < 1.29 is 14.3 Å². The van der Waals surface area contributed by atoms with Gasteiger partial charge < -0.3 is 4.74 Å². The Balaban J connectivity index is 2.36. The van der Waals surface area contributed by atoms with Crippen LogP contribution < -0.4 is 0 Å². The van der Waals surface area contributed by atoms with E-state index in [1.54, 1.807) is 6.08 Å². The summed E-state index contributed by atoms with van der Waals surface area (Å²) in [4.78, 5) is 23.4. The van der Waals surface area contributed by atoms with Crippen LogP contribution in [0.4, 0.5) is 0 Å². The van der Waals surface area contributed by atoms with Crippen LogP contribution in [0.25, 0.3) is 0 Å². The third-order valence-corrected chi connectivity index (χ3v) is 3.37. The van der Waals surface area contributed by atoms with Gasteiger partial charge in [0, 0.05) is 6.42 Å². The third-order valence-electron chi connectivity index (χ3n) is 3.37. The quantitative estimate of drug-likeness (QED) is 0.670. The summed E-state index contributed by atoms with van der Waals surface area (Å²) in [5.74, 6) is -0.0560. The average molecular weight is 220 g/mol. The average Bonchev–Trinajstić information content (AvgIpc) is 2.29. The van der Waals surface area contributed by atoms with Crippen LogP contribution in [0.2, 0.25) is 0 Å². The van der Waals surface area contributed by atoms with Crippen molar-refractivity contribution in [1.29, 1.82) is 0 Å². The lowest BCUT2D eigenvalue weighted by Crippen LogP contribution is -2.38. The van der Waals surface area contributed by atoms with E-state index in [1.165, 1.54) is 0 Å². The van der Waals surface area contributed by atoms with E-state index in [2.05, 4.69) is 0 Å². The molecule has 0 aliphatic heterocycles. The summed E-state index contributed by atoms with van der Waals surface area (Å²) in [6.07, 6.45) is 8.22. The molecule has 0 aromatic carbocycles. The van der Waals surface area contributed by atoms with Crippen LogP contribution in [0.15, 0.2) is 23.8 Å². The first-order chi connectivity index (χ1) is 7.69. The number of hydrogen-bond donors (Lipinski definition) is 0. The van der Waals surface area contributed by atoms with Crippen molar-refractivity contribution in [1.82, 2.24) is 0 Å². The van der Waals surface area contributed by atoms with Crippen molar-refractivity contribution in [2.45, 2.75) is 32.6 Å². The van der Waals surface area contributed by atoms with Crippen LogP contribution in [0.5, 0.6) is 0 Å². The number of carbonyl (C=O) groups excluding carboxylic acids is 2. The minimum absolute atomic E-state index is 0.112. The van der Waals surface area contributed by atoms with Gasteiger partial charge in [-0.15, -0.1) is 0 Å². The summed E-state index contributed by atoms with van der Waals surface area (Å²) in [6.45, 7) is 2.20. The summed E-state index contributed by atoms with van der Waals surface area (Å²) in [6, 6.07) is 0. The number of ketones is 1. The Labute approximate surface area is 95.2 Å². The van der Waals surface area contributed by atoms with Crippen LogP contribution in [0.3, 0.4) is 0 Å². The second-order valence-corrected chi connectivity index (χ2v) is 4.31. The van der Waals surface area contributed by atoms with Crippen LogP contribution in [-0.4, -0.2) is 18.4 Å². The number of fused-ring (bicyclic) bond motifs is 1. The Morgan fingerprint density at radius 3 is 3.06 bits per heavy atom. The van der Waals surface area contributed by atoms with E-state index in [9.17, 15) is 9.59 Å². The minimum Gasteiger partial charge on any atom is -0.465 e. The summed E-state index contributed by atoms with van der Waals surface area (Å²) in [7, 11) is 0. The van der Waals surface area contributed by atoms with E-state index >= 15 is 0 Å². The number of allylic oxidation sites excluding steroid dienone is 3.